The van der Waals surface area contributed by atoms with E-state index in [2.05, 4.69) is 26.3 Å². The average Bonchev–Trinajstić information content (AvgIpc) is 3.29. The van der Waals surface area contributed by atoms with Gasteiger partial charge in [-0.25, -0.2) is 4.79 Å². The van der Waals surface area contributed by atoms with Gasteiger partial charge >= 0.3 is 5.97 Å². The smallest absolute Gasteiger partial charge is 0.328 e. The summed E-state index contributed by atoms with van der Waals surface area (Å²) in [7, 11) is 6.32. The summed E-state index contributed by atoms with van der Waals surface area (Å²) >= 11 is 1.75. The van der Waals surface area contributed by atoms with Crippen LogP contribution in [0.4, 0.5) is 0 Å². The first-order chi connectivity index (χ1) is 31.1. The Kier molecular flexibility index (Phi) is 21.8. The van der Waals surface area contributed by atoms with E-state index in [-0.39, 0.29) is 106 Å². The number of rotatable bonds is 27. The number of amides is 4. The number of phenols is 4. The number of phenolic OH excluding ortho intramolecular Hbond substituents is 4. The highest BCUT2D eigenvalue weighted by molar-refractivity contribution is 8.00. The topological polar surface area (TPSA) is 325 Å². The Morgan fingerprint density at radius 3 is 1.71 bits per heavy atom. The molecule has 0 unspecified atom stereocenters. The van der Waals surface area contributed by atoms with Crippen molar-refractivity contribution in [3.63, 3.8) is 0 Å². The van der Waals surface area contributed by atoms with Gasteiger partial charge in [-0.2, -0.15) is 0 Å². The highest BCUT2D eigenvalue weighted by Crippen LogP contribution is 2.49. The van der Waals surface area contributed by atoms with Gasteiger partial charge in [0, 0.05) is 31.6 Å². The number of nitrogens with two attached hydrogens (primary N) is 2. The highest BCUT2D eigenvalue weighted by Gasteiger charge is 2.31. The number of guanidine groups is 1. The average molecular weight is 948 g/mol. The van der Waals surface area contributed by atoms with Crippen molar-refractivity contribution in [3.8, 4) is 46.0 Å². The zero-order chi connectivity index (χ0) is 48.1. The van der Waals surface area contributed by atoms with E-state index in [1.54, 1.807) is 30.3 Å². The number of esters is 1. The normalized spacial score (nSPS) is 12.1. The molecule has 0 aliphatic heterocycles. The first kappa shape index (κ1) is 52.7. The van der Waals surface area contributed by atoms with Gasteiger partial charge in [0.2, 0.25) is 35.1 Å². The Labute approximate surface area is 384 Å². The fourth-order valence-corrected chi connectivity index (χ4v) is 7.96. The van der Waals surface area contributed by atoms with Crippen molar-refractivity contribution in [2.24, 2.45) is 16.5 Å². The lowest BCUT2D eigenvalue weighted by molar-refractivity contribution is -0.145. The van der Waals surface area contributed by atoms with E-state index in [1.165, 1.54) is 41.6 Å². The quantitative estimate of drug-likeness (QED) is 0.0130. The summed E-state index contributed by atoms with van der Waals surface area (Å²) in [4.78, 5) is 71.1. The Hall–Kier alpha value is -6.62. The third-order valence-corrected chi connectivity index (χ3v) is 11.6. The van der Waals surface area contributed by atoms with E-state index in [0.29, 0.717) is 18.4 Å². The minimum atomic E-state index is -1.24. The van der Waals surface area contributed by atoms with E-state index in [0.717, 1.165) is 29.6 Å². The van der Waals surface area contributed by atoms with Gasteiger partial charge in [-0.05, 0) is 37.7 Å². The molecule has 3 aromatic rings. The van der Waals surface area contributed by atoms with Gasteiger partial charge in [0.25, 0.3) is 0 Å². The van der Waals surface area contributed by atoms with E-state index in [1.807, 2.05) is 0 Å². The molecule has 4 amide bonds. The first-order valence-corrected chi connectivity index (χ1v) is 22.0. The number of benzene rings is 3. The molecule has 0 radical (unpaired) electrons. The van der Waals surface area contributed by atoms with Crippen LogP contribution in [-0.2, 0) is 35.1 Å². The van der Waals surface area contributed by atoms with Crippen LogP contribution < -0.4 is 51.7 Å². The Morgan fingerprint density at radius 1 is 0.662 bits per heavy atom. The predicted molar refractivity (Wildman–Crippen MR) is 242 cm³/mol. The largest absolute Gasteiger partial charge is 0.506 e. The molecule has 0 aromatic heterocycles. The van der Waals surface area contributed by atoms with Crippen LogP contribution in [0.15, 0.2) is 57.2 Å². The number of aromatic hydroxyl groups is 4. The molecular formula is C42H57N7O14S2. The minimum absolute atomic E-state index is 0.000688. The molecule has 0 bridgehead atoms. The zero-order valence-corrected chi connectivity index (χ0v) is 38.3. The molecule has 21 nitrogen and oxygen atoms in total. The molecule has 12 N–H and O–H groups in total. The lowest BCUT2D eigenvalue weighted by Crippen LogP contribution is -2.56. The molecular weight excluding hydrogens is 891 g/mol. The van der Waals surface area contributed by atoms with Crippen molar-refractivity contribution in [1.29, 1.82) is 0 Å². The molecule has 0 heterocycles. The maximum atomic E-state index is 14.1. The number of hydrogen-bond donors (Lipinski definition) is 10. The molecule has 0 saturated heterocycles. The van der Waals surface area contributed by atoms with Crippen LogP contribution in [0.5, 0.6) is 46.0 Å². The second-order valence-electron chi connectivity index (χ2n) is 13.9. The third kappa shape index (κ3) is 16.2. The summed E-state index contributed by atoms with van der Waals surface area (Å²) in [5, 5.41) is 52.9. The summed E-state index contributed by atoms with van der Waals surface area (Å²) in [6.45, 7) is 0.338. The van der Waals surface area contributed by atoms with E-state index < -0.39 is 53.5 Å². The molecule has 0 aliphatic rings. The minimum Gasteiger partial charge on any atom is -0.506 e. The number of methoxy groups -OCH3 is 5. The maximum absolute atomic E-state index is 14.1. The van der Waals surface area contributed by atoms with Crippen molar-refractivity contribution >= 4 is 59.1 Å². The molecule has 3 aromatic carbocycles. The molecule has 0 spiro atoms. The summed E-state index contributed by atoms with van der Waals surface area (Å²) in [6, 6.07) is 7.57. The second kappa shape index (κ2) is 26.9. The fourth-order valence-electron chi connectivity index (χ4n) is 6.19. The maximum Gasteiger partial charge on any atom is 0.328 e. The second-order valence-corrected chi connectivity index (χ2v) is 15.9. The lowest BCUT2D eigenvalue weighted by atomic mass is 10.0. The van der Waals surface area contributed by atoms with Gasteiger partial charge in [-0.15, -0.1) is 23.5 Å². The summed E-state index contributed by atoms with van der Waals surface area (Å²) in [5.74, 6) is -5.49. The number of unbranched alkanes of at least 4 members (excludes halogenated alkanes) is 1. The van der Waals surface area contributed by atoms with Gasteiger partial charge in [0.15, 0.2) is 29.0 Å². The Balaban J connectivity index is 1.79. The zero-order valence-electron chi connectivity index (χ0n) is 36.6. The molecule has 65 heavy (non-hydrogen) atoms. The number of nitrogens with one attached hydrogen (secondary N) is 4. The van der Waals surface area contributed by atoms with Crippen LogP contribution in [0.1, 0.15) is 37.7 Å². The summed E-state index contributed by atoms with van der Waals surface area (Å²) < 4.78 is 25.5. The molecule has 3 atom stereocenters. The van der Waals surface area contributed by atoms with E-state index in [9.17, 15) is 44.4 Å². The predicted octanol–water partition coefficient (Wildman–Crippen LogP) is 1.64. The van der Waals surface area contributed by atoms with Gasteiger partial charge in [-0.3, -0.25) is 24.2 Å². The van der Waals surface area contributed by atoms with Crippen molar-refractivity contribution in [1.82, 2.24) is 21.3 Å². The molecule has 0 aliphatic carbocycles. The molecule has 23 heteroatoms. The molecule has 0 saturated carbocycles. The third-order valence-electron chi connectivity index (χ3n) is 9.41. The van der Waals surface area contributed by atoms with Crippen molar-refractivity contribution in [3.05, 3.63) is 48.0 Å². The van der Waals surface area contributed by atoms with E-state index in [4.69, 9.17) is 35.2 Å². The number of nitrogens with zero attached hydrogens (tertiary/aromatic N) is 1. The van der Waals surface area contributed by atoms with Gasteiger partial charge < -0.3 is 76.8 Å². The van der Waals surface area contributed by atoms with Crippen LogP contribution in [-0.4, -0.2) is 134 Å². The van der Waals surface area contributed by atoms with Crippen LogP contribution in [0, 0.1) is 0 Å². The summed E-state index contributed by atoms with van der Waals surface area (Å²) in [6.07, 6.45) is 1.09. The van der Waals surface area contributed by atoms with Crippen molar-refractivity contribution in [2.45, 2.75) is 66.4 Å². The number of aliphatic imine (C=N–C) groups is 1. The Morgan fingerprint density at radius 2 is 1.18 bits per heavy atom. The summed E-state index contributed by atoms with van der Waals surface area (Å²) in [5.41, 5.74) is 11.5. The first-order valence-electron chi connectivity index (χ1n) is 20.0. The van der Waals surface area contributed by atoms with Crippen molar-refractivity contribution < 1.29 is 68.1 Å². The molecule has 356 valence electrons. The number of hydrogen-bond acceptors (Lipinski definition) is 17. The highest BCUT2D eigenvalue weighted by atomic mass is 32.2. The van der Waals surface area contributed by atoms with Gasteiger partial charge in [0.1, 0.15) is 29.6 Å². The van der Waals surface area contributed by atoms with E-state index >= 15 is 0 Å². The number of ether oxygens (including phenoxy) is 5. The van der Waals surface area contributed by atoms with Crippen LogP contribution in [0.3, 0.4) is 0 Å². The number of carbonyl (C=O) groups excluding carboxylic acids is 5. The van der Waals surface area contributed by atoms with Crippen LogP contribution in [0.25, 0.3) is 0 Å². The SMILES string of the molecule is COC(=O)[C@H](CCCN=C(N)N)NC(=O)[C@H](Cc1ccccc1)NC(=O)[C@@H](CCCCNC(=O)CSc1c(O)cc(OC)c(O)c1OC)NC(=O)CSc1c(O)cc(OC)c(O)c1OC. The molecule has 3 rings (SSSR count). The number of carbonyl (C=O) groups is 5. The fraction of sp³-hybridized carbons (Fsp3) is 0.429. The lowest BCUT2D eigenvalue weighted by Gasteiger charge is -2.25. The number of thioether (sulfide) groups is 2. The van der Waals surface area contributed by atoms with Gasteiger partial charge in [-0.1, -0.05) is 30.3 Å². The Bertz CT molecular complexity index is 2130. The monoisotopic (exact) mass is 947 g/mol. The van der Waals surface area contributed by atoms with Crippen LogP contribution in [0.2, 0.25) is 0 Å². The standard InChI is InChI=1S/C42H57N7O14S2/c1-59-29-19-27(50)37(35(61-3)33(29)54)64-21-31(52)45-16-10-9-14-24(47-32(53)22-65-38-28(51)20-30(60-2)34(55)36(38)62-4)39(56)49-26(18-23-12-7-6-8-13-23)40(57)48-25(41(58)63-5)15-11-17-46-42(43)44/h6-8,12-13,19-20,24-26,50-51,54-55H,9-11,14-18,21-22H2,1-5H3,(H,45,52)(H,47,53)(H,48,57)(H,49,56)(H4,43,44,46)/t24-,25+,26+/m1/s1. The van der Waals surface area contributed by atoms with Gasteiger partial charge in [0.05, 0.1) is 56.8 Å². The van der Waals surface area contributed by atoms with Crippen molar-refractivity contribution in [2.75, 3.05) is 60.1 Å². The molecule has 0 fully saturated rings. The van der Waals surface area contributed by atoms with Crippen LogP contribution >= 0.6 is 23.5 Å².